The predicted molar refractivity (Wildman–Crippen MR) is 308 cm³/mol. The Kier molecular flexibility index (Phi) is 51.8. The van der Waals surface area contributed by atoms with Crippen molar-refractivity contribution in [3.05, 3.63) is 0 Å². The summed E-state index contributed by atoms with van der Waals surface area (Å²) in [4.78, 5) is 71.7. The van der Waals surface area contributed by atoms with Crippen LogP contribution in [0.15, 0.2) is 0 Å². The summed E-state index contributed by atoms with van der Waals surface area (Å²) in [6, 6.07) is 0. The van der Waals surface area contributed by atoms with Crippen LogP contribution in [0.25, 0.3) is 0 Å². The molecule has 0 spiro atoms. The molecule has 0 aromatic rings. The summed E-state index contributed by atoms with van der Waals surface area (Å²) in [7, 11) is -9.87. The Labute approximate surface area is 473 Å². The second-order valence-corrected chi connectivity index (χ2v) is 24.5. The van der Waals surface area contributed by atoms with Crippen LogP contribution < -0.4 is 0 Å². The molecule has 0 rings (SSSR count). The highest BCUT2D eigenvalue weighted by Gasteiger charge is 2.30. The van der Waals surface area contributed by atoms with Crippen LogP contribution in [0.2, 0.25) is 0 Å². The Hall–Kier alpha value is -1.94. The molecule has 0 aliphatic heterocycles. The number of phosphoric ester groups is 2. The maximum atomic E-state index is 12.9. The molecule has 0 amide bonds. The van der Waals surface area contributed by atoms with Crippen LogP contribution in [0.3, 0.4) is 0 Å². The fourth-order valence-corrected chi connectivity index (χ4v) is 10.2. The van der Waals surface area contributed by atoms with Crippen LogP contribution in [-0.2, 0) is 65.4 Å². The van der Waals surface area contributed by atoms with Crippen molar-refractivity contribution in [2.24, 2.45) is 5.92 Å². The van der Waals surface area contributed by atoms with Crippen LogP contribution in [0.1, 0.15) is 291 Å². The maximum Gasteiger partial charge on any atom is 0.472 e. The van der Waals surface area contributed by atoms with Gasteiger partial charge in [0, 0.05) is 25.7 Å². The predicted octanol–water partition coefficient (Wildman–Crippen LogP) is 15.8. The number of carbonyl (C=O) groups excluding carboxylic acids is 4. The smallest absolute Gasteiger partial charge is 0.462 e. The van der Waals surface area contributed by atoms with Gasteiger partial charge in [-0.05, 0) is 31.6 Å². The summed E-state index contributed by atoms with van der Waals surface area (Å²) in [5.74, 6) is -1.42. The number of phosphoric acid groups is 2. The van der Waals surface area contributed by atoms with E-state index < -0.39 is 97.5 Å². The molecule has 462 valence electrons. The van der Waals surface area contributed by atoms with Crippen molar-refractivity contribution < 1.29 is 80.2 Å². The zero-order valence-electron chi connectivity index (χ0n) is 49.8. The zero-order valence-corrected chi connectivity index (χ0v) is 51.6. The molecule has 3 unspecified atom stereocenters. The zero-order chi connectivity index (χ0) is 57.8. The van der Waals surface area contributed by atoms with E-state index in [1.54, 1.807) is 0 Å². The number of carbonyl (C=O) groups is 4. The molecule has 17 nitrogen and oxygen atoms in total. The molecule has 6 atom stereocenters. The van der Waals surface area contributed by atoms with Crippen LogP contribution in [0.4, 0.5) is 0 Å². The standard InChI is InChI=1S/C59H114O17P2/c1-6-10-13-16-18-20-22-23-24-26-28-35-40-45-59(64)76-55(49-70-57(62)43-38-33-30-29-32-36-41-52(5)9-4)51-74-78(67,68)72-47-53(60)46-71-77(65,66)73-50-54(48-69-56(61)42-37-31-15-12-8-3)75-58(63)44-39-34-27-25-21-19-17-14-11-7-2/h52-55,60H,6-51H2,1-5H3,(H,65,66)(H,67,68)/t52?,53-,54+,55+/m0/s1. The number of esters is 4. The minimum absolute atomic E-state index is 0.105. The van der Waals surface area contributed by atoms with Crippen molar-refractivity contribution in [2.45, 2.75) is 310 Å². The van der Waals surface area contributed by atoms with Gasteiger partial charge in [0.15, 0.2) is 12.2 Å². The van der Waals surface area contributed by atoms with Crippen molar-refractivity contribution >= 4 is 39.5 Å². The summed E-state index contributed by atoms with van der Waals surface area (Å²) >= 11 is 0. The van der Waals surface area contributed by atoms with E-state index >= 15 is 0 Å². The summed E-state index contributed by atoms with van der Waals surface area (Å²) in [6.07, 6.45) is 35.1. The van der Waals surface area contributed by atoms with Crippen molar-refractivity contribution in [3.63, 3.8) is 0 Å². The normalized spacial score (nSPS) is 14.7. The molecule has 19 heteroatoms. The van der Waals surface area contributed by atoms with Gasteiger partial charge in [0.05, 0.1) is 26.4 Å². The SMILES string of the molecule is CCCCCCCCCCCCCCCC(=O)O[C@H](COC(=O)CCCCCCCCC(C)CC)COP(=O)(O)OC[C@@H](O)COP(=O)(O)OC[C@@H](COC(=O)CCCCCCC)OC(=O)CCCCCCCCCCCC. The second-order valence-electron chi connectivity index (χ2n) is 21.6. The summed E-state index contributed by atoms with van der Waals surface area (Å²) in [5, 5.41) is 10.5. The third kappa shape index (κ3) is 52.2. The molecule has 0 aliphatic carbocycles. The first-order valence-corrected chi connectivity index (χ1v) is 34.2. The molecule has 0 heterocycles. The van der Waals surface area contributed by atoms with E-state index in [9.17, 15) is 43.2 Å². The van der Waals surface area contributed by atoms with E-state index in [4.69, 9.17) is 37.0 Å². The Morgan fingerprint density at radius 3 is 0.910 bits per heavy atom. The molecular formula is C59H114O17P2. The molecule has 78 heavy (non-hydrogen) atoms. The van der Waals surface area contributed by atoms with E-state index in [2.05, 4.69) is 34.6 Å². The van der Waals surface area contributed by atoms with Crippen LogP contribution in [0.5, 0.6) is 0 Å². The Bertz CT molecular complexity index is 1540. The van der Waals surface area contributed by atoms with Crippen molar-refractivity contribution in [1.29, 1.82) is 0 Å². The van der Waals surface area contributed by atoms with E-state index in [-0.39, 0.29) is 25.7 Å². The molecule has 3 N–H and O–H groups in total. The molecular weight excluding hydrogens is 1040 g/mol. The largest absolute Gasteiger partial charge is 0.472 e. The third-order valence-corrected chi connectivity index (χ3v) is 15.8. The molecule has 0 aromatic heterocycles. The van der Waals surface area contributed by atoms with Gasteiger partial charge in [-0.1, -0.05) is 240 Å². The minimum Gasteiger partial charge on any atom is -0.462 e. The summed E-state index contributed by atoms with van der Waals surface area (Å²) in [6.45, 7) is 7.02. The first kappa shape index (κ1) is 76.1. The van der Waals surface area contributed by atoms with Gasteiger partial charge in [0.2, 0.25) is 0 Å². The highest BCUT2D eigenvalue weighted by Crippen LogP contribution is 2.45. The fourth-order valence-electron chi connectivity index (χ4n) is 8.67. The monoisotopic (exact) mass is 1160 g/mol. The maximum absolute atomic E-state index is 12.9. The second kappa shape index (κ2) is 53.1. The molecule has 0 aromatic carbocycles. The van der Waals surface area contributed by atoms with Gasteiger partial charge in [-0.25, -0.2) is 9.13 Å². The van der Waals surface area contributed by atoms with Crippen molar-refractivity contribution in [2.75, 3.05) is 39.6 Å². The van der Waals surface area contributed by atoms with Crippen molar-refractivity contribution in [3.8, 4) is 0 Å². The van der Waals surface area contributed by atoms with Crippen molar-refractivity contribution in [1.82, 2.24) is 0 Å². The van der Waals surface area contributed by atoms with Gasteiger partial charge >= 0.3 is 39.5 Å². The highest BCUT2D eigenvalue weighted by atomic mass is 31.2. The van der Waals surface area contributed by atoms with Gasteiger partial charge in [-0.15, -0.1) is 0 Å². The van der Waals surface area contributed by atoms with Gasteiger partial charge in [-0.3, -0.25) is 37.3 Å². The summed E-state index contributed by atoms with van der Waals surface area (Å²) in [5.41, 5.74) is 0. The average Bonchev–Trinajstić information content (AvgIpc) is 3.41. The van der Waals surface area contributed by atoms with Gasteiger partial charge in [0.25, 0.3) is 0 Å². The molecule has 0 bridgehead atoms. The molecule has 0 radical (unpaired) electrons. The van der Waals surface area contributed by atoms with Crippen LogP contribution >= 0.6 is 15.6 Å². The highest BCUT2D eigenvalue weighted by molar-refractivity contribution is 7.47. The lowest BCUT2D eigenvalue weighted by molar-refractivity contribution is -0.161. The Balaban J connectivity index is 5.19. The molecule has 0 fully saturated rings. The third-order valence-electron chi connectivity index (χ3n) is 13.9. The first-order valence-electron chi connectivity index (χ1n) is 31.2. The number of rotatable bonds is 59. The molecule has 0 saturated heterocycles. The van der Waals surface area contributed by atoms with E-state index in [0.29, 0.717) is 25.7 Å². The van der Waals surface area contributed by atoms with Gasteiger partial charge in [0.1, 0.15) is 19.3 Å². The van der Waals surface area contributed by atoms with E-state index in [1.165, 1.54) is 103 Å². The van der Waals surface area contributed by atoms with Crippen LogP contribution in [0, 0.1) is 5.92 Å². The molecule has 0 saturated carbocycles. The Morgan fingerprint density at radius 1 is 0.359 bits per heavy atom. The number of hydrogen-bond donors (Lipinski definition) is 3. The fraction of sp³-hybridized carbons (Fsp3) is 0.932. The first-order chi connectivity index (χ1) is 37.6. The topological polar surface area (TPSA) is 237 Å². The van der Waals surface area contributed by atoms with E-state index in [1.807, 2.05) is 0 Å². The minimum atomic E-state index is -4.94. The quantitative estimate of drug-likeness (QED) is 0.0222. The number of aliphatic hydroxyl groups is 1. The number of aliphatic hydroxyl groups excluding tert-OH is 1. The summed E-state index contributed by atoms with van der Waals surface area (Å²) < 4.78 is 67.6. The Morgan fingerprint density at radius 2 is 0.615 bits per heavy atom. The lowest BCUT2D eigenvalue weighted by Gasteiger charge is -2.21. The van der Waals surface area contributed by atoms with Gasteiger partial charge in [-0.2, -0.15) is 0 Å². The van der Waals surface area contributed by atoms with Crippen LogP contribution in [-0.4, -0.2) is 96.7 Å². The van der Waals surface area contributed by atoms with Gasteiger partial charge < -0.3 is 33.8 Å². The number of hydrogen-bond acceptors (Lipinski definition) is 15. The average molecular weight is 1160 g/mol. The lowest BCUT2D eigenvalue weighted by Crippen LogP contribution is -2.30. The number of ether oxygens (including phenoxy) is 4. The molecule has 0 aliphatic rings. The lowest BCUT2D eigenvalue weighted by atomic mass is 10.00. The van der Waals surface area contributed by atoms with E-state index in [0.717, 1.165) is 109 Å². The number of unbranched alkanes of at least 4 members (excludes halogenated alkanes) is 30.